The lowest BCUT2D eigenvalue weighted by molar-refractivity contribution is 0.407. The van der Waals surface area contributed by atoms with Gasteiger partial charge in [-0.25, -0.2) is 0 Å². The SMILES string of the molecule is COc1cccc(NC2CCCC(N)C2)c1. The van der Waals surface area contributed by atoms with Crippen LogP contribution in [0, 0.1) is 0 Å². The monoisotopic (exact) mass is 220 g/mol. The first kappa shape index (κ1) is 11.3. The maximum absolute atomic E-state index is 5.97. The Hall–Kier alpha value is -1.22. The molecule has 0 bridgehead atoms. The van der Waals surface area contributed by atoms with Gasteiger partial charge >= 0.3 is 0 Å². The first-order valence-electron chi connectivity index (χ1n) is 5.94. The van der Waals surface area contributed by atoms with Crippen LogP contribution in [0.2, 0.25) is 0 Å². The van der Waals surface area contributed by atoms with Crippen molar-refractivity contribution in [1.29, 1.82) is 0 Å². The fourth-order valence-corrected chi connectivity index (χ4v) is 2.31. The molecule has 3 N–H and O–H groups in total. The van der Waals surface area contributed by atoms with E-state index in [1.165, 1.54) is 12.8 Å². The van der Waals surface area contributed by atoms with Gasteiger partial charge in [0, 0.05) is 23.8 Å². The Labute approximate surface area is 97.0 Å². The molecule has 3 heteroatoms. The lowest BCUT2D eigenvalue weighted by Gasteiger charge is -2.28. The first-order valence-corrected chi connectivity index (χ1v) is 5.94. The number of nitrogens with two attached hydrogens (primary N) is 1. The molecule has 0 spiro atoms. The lowest BCUT2D eigenvalue weighted by atomic mass is 9.91. The molecule has 1 aliphatic carbocycles. The number of anilines is 1. The van der Waals surface area contributed by atoms with Crippen LogP contribution in [0.4, 0.5) is 5.69 Å². The summed E-state index contributed by atoms with van der Waals surface area (Å²) in [4.78, 5) is 0. The molecule has 3 nitrogen and oxygen atoms in total. The third-order valence-corrected chi connectivity index (χ3v) is 3.16. The van der Waals surface area contributed by atoms with Crippen molar-refractivity contribution in [3.05, 3.63) is 24.3 Å². The Kier molecular flexibility index (Phi) is 3.67. The van der Waals surface area contributed by atoms with Crippen molar-refractivity contribution in [1.82, 2.24) is 0 Å². The van der Waals surface area contributed by atoms with Crippen molar-refractivity contribution in [2.75, 3.05) is 12.4 Å². The van der Waals surface area contributed by atoms with Crippen LogP contribution in [0.1, 0.15) is 25.7 Å². The molecule has 2 unspecified atom stereocenters. The van der Waals surface area contributed by atoms with Gasteiger partial charge in [-0.2, -0.15) is 0 Å². The number of methoxy groups -OCH3 is 1. The van der Waals surface area contributed by atoms with Crippen LogP contribution in [0.5, 0.6) is 5.75 Å². The third kappa shape index (κ3) is 2.89. The predicted molar refractivity (Wildman–Crippen MR) is 66.8 cm³/mol. The van der Waals surface area contributed by atoms with E-state index < -0.39 is 0 Å². The normalized spacial score (nSPS) is 25.1. The largest absolute Gasteiger partial charge is 0.497 e. The van der Waals surface area contributed by atoms with Crippen molar-refractivity contribution < 1.29 is 4.74 Å². The molecule has 2 rings (SSSR count). The van der Waals surface area contributed by atoms with E-state index in [0.717, 1.165) is 24.3 Å². The molecule has 0 radical (unpaired) electrons. The third-order valence-electron chi connectivity index (χ3n) is 3.16. The molecule has 0 amide bonds. The van der Waals surface area contributed by atoms with Crippen LogP contribution in [-0.2, 0) is 0 Å². The standard InChI is InChI=1S/C13H20N2O/c1-16-13-7-3-6-12(9-13)15-11-5-2-4-10(14)8-11/h3,6-7,9-11,15H,2,4-5,8,14H2,1H3. The summed E-state index contributed by atoms with van der Waals surface area (Å²) >= 11 is 0. The highest BCUT2D eigenvalue weighted by molar-refractivity contribution is 5.48. The summed E-state index contributed by atoms with van der Waals surface area (Å²) < 4.78 is 5.20. The van der Waals surface area contributed by atoms with Gasteiger partial charge in [-0.15, -0.1) is 0 Å². The summed E-state index contributed by atoms with van der Waals surface area (Å²) in [5, 5.41) is 3.53. The molecular formula is C13H20N2O. The molecule has 2 atom stereocenters. The Balaban J connectivity index is 1.97. The van der Waals surface area contributed by atoms with E-state index in [1.807, 2.05) is 18.2 Å². The maximum atomic E-state index is 5.97. The smallest absolute Gasteiger partial charge is 0.120 e. The van der Waals surface area contributed by atoms with Gasteiger partial charge in [0.1, 0.15) is 5.75 Å². The maximum Gasteiger partial charge on any atom is 0.120 e. The number of ether oxygens (including phenoxy) is 1. The summed E-state index contributed by atoms with van der Waals surface area (Å²) in [6, 6.07) is 8.93. The zero-order valence-corrected chi connectivity index (χ0v) is 9.78. The van der Waals surface area contributed by atoms with Crippen molar-refractivity contribution in [3.63, 3.8) is 0 Å². The Bertz CT molecular complexity index is 340. The molecule has 1 aromatic carbocycles. The minimum atomic E-state index is 0.358. The van der Waals surface area contributed by atoms with Crippen LogP contribution in [-0.4, -0.2) is 19.2 Å². The number of nitrogens with one attached hydrogen (secondary N) is 1. The molecule has 0 aromatic heterocycles. The second-order valence-corrected chi connectivity index (χ2v) is 4.50. The summed E-state index contributed by atoms with van der Waals surface area (Å²) in [5.41, 5.74) is 7.09. The van der Waals surface area contributed by atoms with Gasteiger partial charge < -0.3 is 15.8 Å². The topological polar surface area (TPSA) is 47.3 Å². The predicted octanol–water partition coefficient (Wildman–Crippen LogP) is 2.38. The van der Waals surface area contributed by atoms with E-state index >= 15 is 0 Å². The molecule has 0 saturated heterocycles. The fourth-order valence-electron chi connectivity index (χ4n) is 2.31. The molecule has 1 fully saturated rings. The summed E-state index contributed by atoms with van der Waals surface area (Å²) in [5.74, 6) is 0.894. The van der Waals surface area contributed by atoms with Crippen molar-refractivity contribution in [2.45, 2.75) is 37.8 Å². The first-order chi connectivity index (χ1) is 7.78. The molecule has 1 aliphatic rings. The van der Waals surface area contributed by atoms with E-state index in [2.05, 4.69) is 11.4 Å². The van der Waals surface area contributed by atoms with Gasteiger partial charge in [0.05, 0.1) is 7.11 Å². The summed E-state index contributed by atoms with van der Waals surface area (Å²) in [7, 11) is 1.69. The van der Waals surface area contributed by atoms with Gasteiger partial charge in [0.2, 0.25) is 0 Å². The molecule has 0 heterocycles. The van der Waals surface area contributed by atoms with E-state index in [4.69, 9.17) is 10.5 Å². The van der Waals surface area contributed by atoms with Crippen LogP contribution in [0.25, 0.3) is 0 Å². The number of hydrogen-bond acceptors (Lipinski definition) is 3. The number of hydrogen-bond donors (Lipinski definition) is 2. The van der Waals surface area contributed by atoms with Gasteiger partial charge in [-0.3, -0.25) is 0 Å². The van der Waals surface area contributed by atoms with Crippen LogP contribution in [0.15, 0.2) is 24.3 Å². The highest BCUT2D eigenvalue weighted by Crippen LogP contribution is 2.23. The van der Waals surface area contributed by atoms with Crippen LogP contribution >= 0.6 is 0 Å². The zero-order chi connectivity index (χ0) is 11.4. The minimum absolute atomic E-state index is 0.358. The van der Waals surface area contributed by atoms with Crippen molar-refractivity contribution in [3.8, 4) is 5.75 Å². The quantitative estimate of drug-likeness (QED) is 0.822. The average molecular weight is 220 g/mol. The van der Waals surface area contributed by atoms with Crippen LogP contribution in [0.3, 0.4) is 0 Å². The van der Waals surface area contributed by atoms with Gasteiger partial charge in [0.25, 0.3) is 0 Å². The number of rotatable bonds is 3. The van der Waals surface area contributed by atoms with Crippen molar-refractivity contribution >= 4 is 5.69 Å². The highest BCUT2D eigenvalue weighted by atomic mass is 16.5. The summed E-state index contributed by atoms with van der Waals surface area (Å²) in [6.07, 6.45) is 4.67. The molecule has 16 heavy (non-hydrogen) atoms. The molecular weight excluding hydrogens is 200 g/mol. The molecule has 88 valence electrons. The summed E-state index contributed by atoms with van der Waals surface area (Å²) in [6.45, 7) is 0. The fraction of sp³-hybridized carbons (Fsp3) is 0.538. The van der Waals surface area contributed by atoms with Gasteiger partial charge in [0.15, 0.2) is 0 Å². The average Bonchev–Trinajstić information content (AvgIpc) is 2.29. The second kappa shape index (κ2) is 5.21. The zero-order valence-electron chi connectivity index (χ0n) is 9.78. The number of benzene rings is 1. The van der Waals surface area contributed by atoms with Gasteiger partial charge in [-0.05, 0) is 37.8 Å². The minimum Gasteiger partial charge on any atom is -0.497 e. The molecule has 0 aliphatic heterocycles. The highest BCUT2D eigenvalue weighted by Gasteiger charge is 2.18. The van der Waals surface area contributed by atoms with E-state index in [-0.39, 0.29) is 0 Å². The second-order valence-electron chi connectivity index (χ2n) is 4.50. The van der Waals surface area contributed by atoms with E-state index in [0.29, 0.717) is 12.1 Å². The Morgan fingerprint density at radius 1 is 1.38 bits per heavy atom. The Morgan fingerprint density at radius 3 is 3.00 bits per heavy atom. The van der Waals surface area contributed by atoms with Crippen molar-refractivity contribution in [2.24, 2.45) is 5.73 Å². The van der Waals surface area contributed by atoms with E-state index in [9.17, 15) is 0 Å². The lowest BCUT2D eigenvalue weighted by Crippen LogP contribution is -2.34. The molecule has 1 saturated carbocycles. The molecule has 1 aromatic rings. The van der Waals surface area contributed by atoms with Crippen LogP contribution < -0.4 is 15.8 Å². The van der Waals surface area contributed by atoms with E-state index in [1.54, 1.807) is 7.11 Å². The Morgan fingerprint density at radius 2 is 2.25 bits per heavy atom. The van der Waals surface area contributed by atoms with Gasteiger partial charge in [-0.1, -0.05) is 6.07 Å².